The molecule has 34 heavy (non-hydrogen) atoms. The molecule has 1 aliphatic rings. The van der Waals surface area contributed by atoms with E-state index in [4.69, 9.17) is 5.73 Å². The Bertz CT molecular complexity index is 712. The molecular formula is C27H47N3O4. The maximum atomic E-state index is 11.1. The highest BCUT2D eigenvalue weighted by Gasteiger charge is 2.21. The van der Waals surface area contributed by atoms with Crippen LogP contribution in [0.5, 0.6) is 5.75 Å². The van der Waals surface area contributed by atoms with E-state index in [0.29, 0.717) is 30.8 Å². The molecule has 1 aliphatic heterocycles. The molecule has 0 amide bonds. The number of hydrogen-bond acceptors (Lipinski definition) is 7. The van der Waals surface area contributed by atoms with Crippen molar-refractivity contribution in [3.63, 3.8) is 0 Å². The van der Waals surface area contributed by atoms with E-state index in [9.17, 15) is 19.8 Å². The normalized spacial score (nSPS) is 13.4. The molecule has 0 aliphatic carbocycles. The molecule has 1 fully saturated rings. The number of hydrogen-bond donors (Lipinski definition) is 4. The number of para-hydroxylation sites is 1. The van der Waals surface area contributed by atoms with Crippen molar-refractivity contribution < 1.29 is 19.8 Å². The Morgan fingerprint density at radius 1 is 1.26 bits per heavy atom. The average Bonchev–Trinajstić information content (AvgIpc) is 2.83. The highest BCUT2D eigenvalue weighted by atomic mass is 16.3. The number of anilines is 1. The average molecular weight is 478 g/mol. The molecule has 7 nitrogen and oxygen atoms in total. The number of Topliss-reactive ketones (excluding diaryl/α,β-unsaturated/α-hetero) is 1. The van der Waals surface area contributed by atoms with E-state index in [1.165, 1.54) is 0 Å². The van der Waals surface area contributed by atoms with Crippen molar-refractivity contribution in [1.29, 1.82) is 0 Å². The number of carbonyl (C=O) groups excluding carboxylic acids is 2. The van der Waals surface area contributed by atoms with Crippen molar-refractivity contribution in [1.82, 2.24) is 4.90 Å². The van der Waals surface area contributed by atoms with Crippen molar-refractivity contribution in [3.05, 3.63) is 48.6 Å². The summed E-state index contributed by atoms with van der Waals surface area (Å²) in [4.78, 5) is 23.8. The summed E-state index contributed by atoms with van der Waals surface area (Å²) in [5.41, 5.74) is 6.24. The van der Waals surface area contributed by atoms with Gasteiger partial charge in [-0.3, -0.25) is 14.5 Å². The molecule has 0 unspecified atom stereocenters. The van der Waals surface area contributed by atoms with Gasteiger partial charge in [0.15, 0.2) is 5.78 Å². The summed E-state index contributed by atoms with van der Waals surface area (Å²) in [6.45, 7) is 15.6. The van der Waals surface area contributed by atoms with Gasteiger partial charge in [-0.15, -0.1) is 6.58 Å². The highest BCUT2D eigenvalue weighted by molar-refractivity contribution is 5.89. The second kappa shape index (κ2) is 22.3. The molecule has 1 heterocycles. The number of aromatic hydroxyl groups is 1. The van der Waals surface area contributed by atoms with Gasteiger partial charge in [-0.25, -0.2) is 0 Å². The van der Waals surface area contributed by atoms with Gasteiger partial charge in [-0.05, 0) is 45.3 Å². The van der Waals surface area contributed by atoms with Crippen LogP contribution in [0.4, 0.5) is 5.69 Å². The zero-order chi connectivity index (χ0) is 26.4. The minimum atomic E-state index is -0.0973. The van der Waals surface area contributed by atoms with Crippen LogP contribution in [0.1, 0.15) is 65.9 Å². The quantitative estimate of drug-likeness (QED) is 0.236. The van der Waals surface area contributed by atoms with E-state index in [1.807, 2.05) is 27.7 Å². The van der Waals surface area contributed by atoms with Gasteiger partial charge in [-0.1, -0.05) is 45.1 Å². The fraction of sp³-hybridized carbons (Fsp3) is 0.556. The van der Waals surface area contributed by atoms with Crippen LogP contribution < -0.4 is 11.1 Å². The Morgan fingerprint density at radius 3 is 2.29 bits per heavy atom. The van der Waals surface area contributed by atoms with Gasteiger partial charge < -0.3 is 21.3 Å². The maximum absolute atomic E-state index is 11.1. The number of benzene rings is 1. The Morgan fingerprint density at radius 2 is 1.85 bits per heavy atom. The van der Waals surface area contributed by atoms with Crippen LogP contribution in [0.25, 0.3) is 0 Å². The molecular weight excluding hydrogens is 430 g/mol. The van der Waals surface area contributed by atoms with Crippen molar-refractivity contribution in [3.8, 4) is 5.75 Å². The van der Waals surface area contributed by atoms with Crippen molar-refractivity contribution >= 4 is 17.3 Å². The number of likely N-dealkylation sites (tertiary alicyclic amines) is 1. The Labute approximate surface area is 206 Å². The molecule has 0 bridgehead atoms. The first-order chi connectivity index (χ1) is 16.3. The number of aliphatic hydroxyl groups excluding tert-OH is 1. The lowest BCUT2D eigenvalue weighted by atomic mass is 10.0. The fourth-order valence-corrected chi connectivity index (χ4v) is 3.16. The summed E-state index contributed by atoms with van der Waals surface area (Å²) < 4.78 is 0. The molecule has 1 aromatic carbocycles. The Hall–Kier alpha value is -2.48. The zero-order valence-electron chi connectivity index (χ0n) is 21.8. The van der Waals surface area contributed by atoms with Crippen LogP contribution in [-0.2, 0) is 16.2 Å². The topological polar surface area (TPSA) is 116 Å². The predicted molar refractivity (Wildman–Crippen MR) is 143 cm³/mol. The number of rotatable bonds is 9. The monoisotopic (exact) mass is 477 g/mol. The first kappa shape index (κ1) is 33.7. The minimum absolute atomic E-state index is 0.0973. The van der Waals surface area contributed by atoms with E-state index in [0.717, 1.165) is 32.4 Å². The first-order valence-electron chi connectivity index (χ1n) is 12.2. The molecule has 7 heteroatoms. The number of ketones is 2. The molecule has 0 atom stereocenters. The molecule has 5 N–H and O–H groups in total. The number of allylic oxidation sites excluding steroid dienone is 2. The van der Waals surface area contributed by atoms with E-state index in [2.05, 4.69) is 16.8 Å². The summed E-state index contributed by atoms with van der Waals surface area (Å²) in [6.07, 6.45) is 8.52. The first-order valence-corrected chi connectivity index (χ1v) is 12.2. The number of nitrogens with one attached hydrogen (secondary N) is 1. The number of phenolic OH excluding ortho intramolecular Hbond substituents is 1. The number of phenols is 1. The molecule has 0 spiro atoms. The molecule has 0 radical (unpaired) electrons. The van der Waals surface area contributed by atoms with Crippen LogP contribution in [0.15, 0.2) is 43.0 Å². The lowest BCUT2D eigenvalue weighted by Gasteiger charge is -2.32. The smallest absolute Gasteiger partial charge is 0.155 e. The number of carbonyl (C=O) groups is 2. The number of aliphatic hydroxyl groups is 1. The second-order valence-electron chi connectivity index (χ2n) is 7.61. The predicted octanol–water partition coefficient (Wildman–Crippen LogP) is 4.44. The third-order valence-corrected chi connectivity index (χ3v) is 4.70. The summed E-state index contributed by atoms with van der Waals surface area (Å²) >= 11 is 0. The van der Waals surface area contributed by atoms with Crippen molar-refractivity contribution in [2.24, 2.45) is 5.73 Å². The third kappa shape index (κ3) is 16.2. The summed E-state index contributed by atoms with van der Waals surface area (Å²) in [5, 5.41) is 22.5. The molecule has 0 saturated carbocycles. The summed E-state index contributed by atoms with van der Waals surface area (Å²) in [5.74, 6) is 0.595. The summed E-state index contributed by atoms with van der Waals surface area (Å²) in [7, 11) is 0. The number of piperidine rings is 1. The maximum Gasteiger partial charge on any atom is 0.155 e. The van der Waals surface area contributed by atoms with Gasteiger partial charge in [0.2, 0.25) is 0 Å². The van der Waals surface area contributed by atoms with Crippen LogP contribution >= 0.6 is 0 Å². The molecule has 1 aromatic rings. The van der Waals surface area contributed by atoms with Crippen molar-refractivity contribution in [2.45, 2.75) is 73.0 Å². The van der Waals surface area contributed by atoms with E-state index in [1.54, 1.807) is 43.4 Å². The number of nitrogens with zero attached hydrogens (tertiary/aromatic N) is 1. The van der Waals surface area contributed by atoms with E-state index < -0.39 is 0 Å². The van der Waals surface area contributed by atoms with Gasteiger partial charge in [0.05, 0.1) is 18.8 Å². The molecule has 194 valence electrons. The molecule has 0 aromatic heterocycles. The molecule has 1 saturated heterocycles. The largest absolute Gasteiger partial charge is 0.506 e. The third-order valence-electron chi connectivity index (χ3n) is 4.70. The minimum Gasteiger partial charge on any atom is -0.506 e. The van der Waals surface area contributed by atoms with Gasteiger partial charge in [0.1, 0.15) is 11.5 Å². The lowest BCUT2D eigenvalue weighted by molar-refractivity contribution is -0.118. The SMILES string of the molecule is C/C=C/C(=O)CCC.C=CCN.CC.CC(=O)CN1CCC(Nc2c(O)cccc2CO)CC1. The van der Waals surface area contributed by atoms with Gasteiger partial charge in [-0.2, -0.15) is 0 Å². The fourth-order valence-electron chi connectivity index (χ4n) is 3.16. The van der Waals surface area contributed by atoms with Crippen LogP contribution in [0.3, 0.4) is 0 Å². The second-order valence-corrected chi connectivity index (χ2v) is 7.61. The van der Waals surface area contributed by atoms with Gasteiger partial charge in [0.25, 0.3) is 0 Å². The standard InChI is InChI=1S/C15H22N2O3.C7H12O.C3H7N.C2H6/c1-11(19)9-17-7-5-13(6-8-17)16-15-12(10-18)3-2-4-14(15)20;1-3-5-7(8)6-4-2;1-2-3-4;1-2/h2-4,13,16,18,20H,5-10H2,1H3;3,5H,4,6H2,1-2H3;2H,1,3-4H2;1-2H3/b;5-3+;;. The Kier molecular flexibility index (Phi) is 22.1. The Balaban J connectivity index is 0. The van der Waals surface area contributed by atoms with Gasteiger partial charge in [0, 0.05) is 37.7 Å². The van der Waals surface area contributed by atoms with Crippen LogP contribution in [0.2, 0.25) is 0 Å². The van der Waals surface area contributed by atoms with Crippen LogP contribution in [0, 0.1) is 0 Å². The molecule has 2 rings (SSSR count). The van der Waals surface area contributed by atoms with Gasteiger partial charge >= 0.3 is 0 Å². The summed E-state index contributed by atoms with van der Waals surface area (Å²) in [6, 6.07) is 5.40. The van der Waals surface area contributed by atoms with Crippen molar-refractivity contribution in [2.75, 3.05) is 31.5 Å². The zero-order valence-corrected chi connectivity index (χ0v) is 21.8. The lowest BCUT2D eigenvalue weighted by Crippen LogP contribution is -2.41. The van der Waals surface area contributed by atoms with Crippen LogP contribution in [-0.4, -0.2) is 58.9 Å². The highest BCUT2D eigenvalue weighted by Crippen LogP contribution is 2.29. The van der Waals surface area contributed by atoms with E-state index in [-0.39, 0.29) is 30.0 Å². The van der Waals surface area contributed by atoms with E-state index >= 15 is 0 Å². The number of nitrogens with two attached hydrogens (primary N) is 1.